The lowest BCUT2D eigenvalue weighted by molar-refractivity contribution is 0.393. The molecule has 142 valence electrons. The zero-order valence-electron chi connectivity index (χ0n) is 14.8. The van der Waals surface area contributed by atoms with Crippen molar-refractivity contribution in [2.75, 3.05) is 14.2 Å². The molecule has 6 nitrogen and oxygen atoms in total. The van der Waals surface area contributed by atoms with Gasteiger partial charge in [-0.25, -0.2) is 0 Å². The molecular weight excluding hydrogens is 421 g/mol. The summed E-state index contributed by atoms with van der Waals surface area (Å²) in [4.78, 5) is 17.7. The number of aromatic nitrogens is 3. The molecule has 0 aliphatic rings. The smallest absolute Gasteiger partial charge is 0.291 e. The number of halogens is 2. The number of nitrogens with zero attached hydrogens (tertiary/aromatic N) is 3. The minimum Gasteiger partial charge on any atom is -0.497 e. The number of hydrogen-bond donors (Lipinski definition) is 0. The largest absolute Gasteiger partial charge is 0.497 e. The van der Waals surface area contributed by atoms with Crippen LogP contribution < -0.4 is 19.6 Å². The van der Waals surface area contributed by atoms with Crippen LogP contribution in [0.5, 0.6) is 11.5 Å². The molecule has 0 unspecified atom stereocenters. The highest BCUT2D eigenvalue weighted by Crippen LogP contribution is 2.29. The van der Waals surface area contributed by atoms with Gasteiger partial charge in [0.05, 0.1) is 23.8 Å². The normalized spacial score (nSPS) is 11.9. The summed E-state index contributed by atoms with van der Waals surface area (Å²) in [5.41, 5.74) is 1.11. The average molecular weight is 434 g/mol. The van der Waals surface area contributed by atoms with Crippen LogP contribution in [0.2, 0.25) is 10.0 Å². The molecule has 0 saturated carbocycles. The van der Waals surface area contributed by atoms with Gasteiger partial charge in [0, 0.05) is 22.2 Å². The van der Waals surface area contributed by atoms with E-state index < -0.39 is 0 Å². The highest BCUT2D eigenvalue weighted by molar-refractivity contribution is 7.15. The molecule has 0 amide bonds. The van der Waals surface area contributed by atoms with Gasteiger partial charge in [-0.1, -0.05) is 34.5 Å². The average Bonchev–Trinajstić information content (AvgIpc) is 3.21. The highest BCUT2D eigenvalue weighted by atomic mass is 35.5. The maximum atomic E-state index is 12.8. The van der Waals surface area contributed by atoms with E-state index in [0.717, 1.165) is 5.56 Å². The fraction of sp³-hybridized carbons (Fsp3) is 0.105. The molecule has 4 aromatic rings. The second-order valence-electron chi connectivity index (χ2n) is 5.78. The molecule has 0 fully saturated rings. The van der Waals surface area contributed by atoms with Gasteiger partial charge >= 0.3 is 0 Å². The fourth-order valence-electron chi connectivity index (χ4n) is 2.70. The van der Waals surface area contributed by atoms with E-state index in [2.05, 4.69) is 10.1 Å². The summed E-state index contributed by atoms with van der Waals surface area (Å²) in [5.74, 6) is 1.65. The number of rotatable bonds is 4. The van der Waals surface area contributed by atoms with Crippen LogP contribution in [-0.4, -0.2) is 28.8 Å². The first-order valence-electron chi connectivity index (χ1n) is 8.09. The third-order valence-electron chi connectivity index (χ3n) is 4.08. The Balaban J connectivity index is 1.81. The molecule has 28 heavy (non-hydrogen) atoms. The van der Waals surface area contributed by atoms with Gasteiger partial charge in [-0.15, -0.1) is 5.10 Å². The van der Waals surface area contributed by atoms with Gasteiger partial charge in [-0.2, -0.15) is 9.50 Å². The summed E-state index contributed by atoms with van der Waals surface area (Å²) in [7, 11) is 3.15. The summed E-state index contributed by atoms with van der Waals surface area (Å²) >= 11 is 13.4. The maximum absolute atomic E-state index is 12.8. The first-order chi connectivity index (χ1) is 13.5. The van der Waals surface area contributed by atoms with Crippen LogP contribution in [-0.2, 0) is 0 Å². The van der Waals surface area contributed by atoms with Crippen molar-refractivity contribution in [1.29, 1.82) is 0 Å². The van der Waals surface area contributed by atoms with Crippen LogP contribution in [0.15, 0.2) is 41.2 Å². The standard InChI is InChI=1S/C19H13Cl2N3O3S/c1-26-12-5-3-10(15(9-12)27-2)7-16-18(25)24-19(28-16)22-17(23-24)13-6-4-11(20)8-14(13)21/h3-9H,1-2H3. The number of fused-ring (bicyclic) bond motifs is 1. The highest BCUT2D eigenvalue weighted by Gasteiger charge is 2.15. The molecule has 4 rings (SSSR count). The van der Waals surface area contributed by atoms with Gasteiger partial charge in [0.25, 0.3) is 5.56 Å². The molecule has 0 bridgehead atoms. The summed E-state index contributed by atoms with van der Waals surface area (Å²) in [6.45, 7) is 0. The number of hydrogen-bond acceptors (Lipinski definition) is 6. The van der Waals surface area contributed by atoms with Crippen LogP contribution in [0.3, 0.4) is 0 Å². The minimum atomic E-state index is -0.262. The summed E-state index contributed by atoms with van der Waals surface area (Å²) < 4.78 is 12.3. The maximum Gasteiger partial charge on any atom is 0.291 e. The van der Waals surface area contributed by atoms with E-state index in [1.54, 1.807) is 50.6 Å². The van der Waals surface area contributed by atoms with E-state index >= 15 is 0 Å². The molecule has 0 saturated heterocycles. The van der Waals surface area contributed by atoms with Gasteiger partial charge in [-0.3, -0.25) is 4.79 Å². The van der Waals surface area contributed by atoms with E-state index in [4.69, 9.17) is 32.7 Å². The van der Waals surface area contributed by atoms with E-state index in [9.17, 15) is 4.79 Å². The third kappa shape index (κ3) is 3.32. The molecule has 9 heteroatoms. The van der Waals surface area contributed by atoms with Crippen molar-refractivity contribution in [3.8, 4) is 22.9 Å². The summed E-state index contributed by atoms with van der Waals surface area (Å²) in [5, 5.41) is 5.25. The van der Waals surface area contributed by atoms with Crippen LogP contribution in [0.1, 0.15) is 5.56 Å². The monoisotopic (exact) mass is 433 g/mol. The molecule has 2 aromatic heterocycles. The van der Waals surface area contributed by atoms with Crippen LogP contribution in [0.4, 0.5) is 0 Å². The van der Waals surface area contributed by atoms with Crippen molar-refractivity contribution in [3.63, 3.8) is 0 Å². The van der Waals surface area contributed by atoms with Crippen molar-refractivity contribution in [2.45, 2.75) is 0 Å². The molecule has 2 heterocycles. The first-order valence-corrected chi connectivity index (χ1v) is 9.66. The van der Waals surface area contributed by atoms with Gasteiger partial charge in [0.1, 0.15) is 11.5 Å². The quantitative estimate of drug-likeness (QED) is 0.490. The SMILES string of the molecule is COc1ccc(C=c2sc3nc(-c4ccc(Cl)cc4Cl)nn3c2=O)c(OC)c1. The molecule has 0 spiro atoms. The van der Waals surface area contributed by atoms with Crippen LogP contribution in [0, 0.1) is 0 Å². The second-order valence-corrected chi connectivity index (χ2v) is 7.63. The molecule has 0 aliphatic carbocycles. The van der Waals surface area contributed by atoms with E-state index in [1.165, 1.54) is 15.9 Å². The van der Waals surface area contributed by atoms with Crippen molar-refractivity contribution < 1.29 is 9.47 Å². The number of benzene rings is 2. The predicted molar refractivity (Wildman–Crippen MR) is 111 cm³/mol. The van der Waals surface area contributed by atoms with Gasteiger partial charge in [-0.05, 0) is 36.4 Å². The second kappa shape index (κ2) is 7.43. The van der Waals surface area contributed by atoms with E-state index in [0.29, 0.717) is 42.4 Å². The number of thiazole rings is 1. The number of methoxy groups -OCH3 is 2. The summed E-state index contributed by atoms with van der Waals surface area (Å²) in [6.07, 6.45) is 1.75. The molecular formula is C19H13Cl2N3O3S. The van der Waals surface area contributed by atoms with Crippen molar-refractivity contribution in [2.24, 2.45) is 0 Å². The Hall–Kier alpha value is -2.61. The molecule has 0 N–H and O–H groups in total. The Kier molecular flexibility index (Phi) is 4.97. The Bertz CT molecular complexity index is 1300. The Morgan fingerprint density at radius 3 is 2.61 bits per heavy atom. The zero-order valence-corrected chi connectivity index (χ0v) is 17.1. The lowest BCUT2D eigenvalue weighted by Gasteiger charge is -2.06. The van der Waals surface area contributed by atoms with Gasteiger partial charge in [0.2, 0.25) is 4.96 Å². The van der Waals surface area contributed by atoms with Gasteiger partial charge in [0.15, 0.2) is 5.82 Å². The van der Waals surface area contributed by atoms with Crippen molar-refractivity contribution in [1.82, 2.24) is 14.6 Å². The minimum absolute atomic E-state index is 0.262. The Morgan fingerprint density at radius 2 is 1.93 bits per heavy atom. The Labute approximate surface area is 173 Å². The lowest BCUT2D eigenvalue weighted by atomic mass is 10.2. The van der Waals surface area contributed by atoms with Crippen molar-refractivity contribution in [3.05, 3.63) is 66.9 Å². The van der Waals surface area contributed by atoms with Gasteiger partial charge < -0.3 is 9.47 Å². The molecule has 0 aliphatic heterocycles. The van der Waals surface area contributed by atoms with Crippen molar-refractivity contribution >= 4 is 45.6 Å². The molecule has 0 radical (unpaired) electrons. The zero-order chi connectivity index (χ0) is 19.8. The third-order valence-corrected chi connectivity index (χ3v) is 5.59. The topological polar surface area (TPSA) is 65.7 Å². The number of ether oxygens (including phenoxy) is 2. The Morgan fingerprint density at radius 1 is 1.11 bits per heavy atom. The van der Waals surface area contributed by atoms with Crippen LogP contribution >= 0.6 is 34.5 Å². The lowest BCUT2D eigenvalue weighted by Crippen LogP contribution is -2.23. The predicted octanol–water partition coefficient (Wildman–Crippen LogP) is 3.69. The molecule has 0 atom stereocenters. The summed E-state index contributed by atoms with van der Waals surface area (Å²) in [6, 6.07) is 10.4. The van der Waals surface area contributed by atoms with Crippen LogP contribution in [0.25, 0.3) is 22.4 Å². The fourth-order valence-corrected chi connectivity index (χ4v) is 4.09. The van der Waals surface area contributed by atoms with E-state index in [-0.39, 0.29) is 5.56 Å². The first kappa shape index (κ1) is 18.7. The van der Waals surface area contributed by atoms with E-state index in [1.807, 2.05) is 6.07 Å². The molecule has 2 aromatic carbocycles.